The number of morpholine rings is 1. The van der Waals surface area contributed by atoms with E-state index in [1.54, 1.807) is 11.3 Å². The molecule has 4 rings (SSSR count). The fourth-order valence-electron chi connectivity index (χ4n) is 4.73. The standard InChI is InChI=1S/C27H35N3O2S.ClH/c1-5-22-8-6-9-24-26(22)28-27(33-24)30(11-7-10-29-12-14-32-15-13-29)25(31)18-23-20(3)16-19(2)17-21(23)4;/h6,8-9,16-17H,5,7,10-15,18H2,1-4H3;1H. The number of hydrogen-bond donors (Lipinski definition) is 0. The lowest BCUT2D eigenvalue weighted by Crippen LogP contribution is -2.39. The predicted octanol–water partition coefficient (Wildman–Crippen LogP) is 5.50. The smallest absolute Gasteiger partial charge is 0.233 e. The molecule has 1 aliphatic heterocycles. The van der Waals surface area contributed by atoms with E-state index in [1.807, 2.05) is 4.90 Å². The van der Waals surface area contributed by atoms with Crippen LogP contribution in [-0.4, -0.2) is 55.2 Å². The number of thiazole rings is 1. The van der Waals surface area contributed by atoms with Gasteiger partial charge in [-0.15, -0.1) is 12.4 Å². The van der Waals surface area contributed by atoms with E-state index in [0.29, 0.717) is 13.0 Å². The SMILES string of the molecule is CCc1cccc2sc(N(CCCN3CCOCC3)C(=O)Cc3c(C)cc(C)cc3C)nc12.Cl. The Hall–Kier alpha value is -1.99. The average molecular weight is 502 g/mol. The Morgan fingerprint density at radius 1 is 1.15 bits per heavy atom. The lowest BCUT2D eigenvalue weighted by Gasteiger charge is -2.28. The molecule has 2 heterocycles. The van der Waals surface area contributed by atoms with Crippen molar-refractivity contribution < 1.29 is 9.53 Å². The number of para-hydroxylation sites is 1. The molecule has 34 heavy (non-hydrogen) atoms. The zero-order chi connectivity index (χ0) is 23.4. The van der Waals surface area contributed by atoms with E-state index in [4.69, 9.17) is 9.72 Å². The number of halogens is 1. The van der Waals surface area contributed by atoms with Crippen molar-refractivity contribution in [1.82, 2.24) is 9.88 Å². The van der Waals surface area contributed by atoms with Gasteiger partial charge in [0.2, 0.25) is 5.91 Å². The summed E-state index contributed by atoms with van der Waals surface area (Å²) >= 11 is 1.63. The van der Waals surface area contributed by atoms with E-state index >= 15 is 0 Å². The number of anilines is 1. The number of benzene rings is 2. The van der Waals surface area contributed by atoms with Crippen LogP contribution < -0.4 is 4.90 Å². The molecule has 0 aliphatic carbocycles. The van der Waals surface area contributed by atoms with Crippen LogP contribution in [0.3, 0.4) is 0 Å². The molecule has 1 amide bonds. The number of carbonyl (C=O) groups excluding carboxylic acids is 1. The van der Waals surface area contributed by atoms with Crippen molar-refractivity contribution in [3.63, 3.8) is 0 Å². The van der Waals surface area contributed by atoms with Crippen molar-refractivity contribution in [1.29, 1.82) is 0 Å². The molecule has 0 radical (unpaired) electrons. The van der Waals surface area contributed by atoms with Crippen LogP contribution in [0.25, 0.3) is 10.2 Å². The third-order valence-corrected chi connectivity index (χ3v) is 7.58. The van der Waals surface area contributed by atoms with Crippen LogP contribution in [0.15, 0.2) is 30.3 Å². The number of ether oxygens (including phenoxy) is 1. The quantitative estimate of drug-likeness (QED) is 0.408. The summed E-state index contributed by atoms with van der Waals surface area (Å²) in [6.07, 6.45) is 2.27. The number of nitrogens with zero attached hydrogens (tertiary/aromatic N) is 3. The van der Waals surface area contributed by atoms with Crippen molar-refractivity contribution in [2.45, 2.75) is 47.0 Å². The molecule has 1 aromatic heterocycles. The van der Waals surface area contributed by atoms with Crippen LogP contribution in [0.5, 0.6) is 0 Å². The summed E-state index contributed by atoms with van der Waals surface area (Å²) in [5.41, 5.74) is 7.02. The van der Waals surface area contributed by atoms with E-state index in [-0.39, 0.29) is 18.3 Å². The molecular weight excluding hydrogens is 466 g/mol. The number of aromatic nitrogens is 1. The predicted molar refractivity (Wildman–Crippen MR) is 145 cm³/mol. The molecule has 184 valence electrons. The van der Waals surface area contributed by atoms with Gasteiger partial charge in [-0.3, -0.25) is 14.6 Å². The number of aryl methyl sites for hydroxylation is 4. The molecule has 7 heteroatoms. The summed E-state index contributed by atoms with van der Waals surface area (Å²) < 4.78 is 6.62. The first-order valence-corrected chi connectivity index (χ1v) is 12.8. The largest absolute Gasteiger partial charge is 0.379 e. The van der Waals surface area contributed by atoms with Gasteiger partial charge in [-0.25, -0.2) is 4.98 Å². The molecule has 0 unspecified atom stereocenters. The van der Waals surface area contributed by atoms with E-state index in [1.165, 1.54) is 22.3 Å². The van der Waals surface area contributed by atoms with Gasteiger partial charge < -0.3 is 4.74 Å². The van der Waals surface area contributed by atoms with Crippen LogP contribution in [0.4, 0.5) is 5.13 Å². The summed E-state index contributed by atoms with van der Waals surface area (Å²) in [5, 5.41) is 0.820. The summed E-state index contributed by atoms with van der Waals surface area (Å²) in [4.78, 5) is 23.0. The summed E-state index contributed by atoms with van der Waals surface area (Å²) in [5.74, 6) is 0.129. The van der Waals surface area contributed by atoms with E-state index in [9.17, 15) is 4.79 Å². The Morgan fingerprint density at radius 2 is 1.85 bits per heavy atom. The van der Waals surface area contributed by atoms with E-state index < -0.39 is 0 Å². The minimum Gasteiger partial charge on any atom is -0.379 e. The fraction of sp³-hybridized carbons (Fsp3) is 0.481. The van der Waals surface area contributed by atoms with Gasteiger partial charge in [0.1, 0.15) is 0 Å². The highest BCUT2D eigenvalue weighted by molar-refractivity contribution is 7.22. The lowest BCUT2D eigenvalue weighted by molar-refractivity contribution is -0.118. The summed E-state index contributed by atoms with van der Waals surface area (Å²) in [6.45, 7) is 13.7. The normalized spacial score (nSPS) is 14.2. The third kappa shape index (κ3) is 6.16. The number of amides is 1. The summed E-state index contributed by atoms with van der Waals surface area (Å²) in [7, 11) is 0. The van der Waals surface area contributed by atoms with Gasteiger partial charge in [-0.2, -0.15) is 0 Å². The maximum Gasteiger partial charge on any atom is 0.233 e. The maximum absolute atomic E-state index is 13.7. The minimum absolute atomic E-state index is 0. The molecule has 0 atom stereocenters. The average Bonchev–Trinajstić information content (AvgIpc) is 3.23. The molecule has 1 fully saturated rings. The molecule has 2 aromatic carbocycles. The van der Waals surface area contributed by atoms with E-state index in [2.05, 4.69) is 62.9 Å². The zero-order valence-electron chi connectivity index (χ0n) is 20.7. The third-order valence-electron chi connectivity index (χ3n) is 6.53. The van der Waals surface area contributed by atoms with Crippen molar-refractivity contribution in [3.8, 4) is 0 Å². The van der Waals surface area contributed by atoms with Crippen molar-refractivity contribution in [2.75, 3.05) is 44.3 Å². The molecule has 3 aromatic rings. The Balaban J connectivity index is 0.00000324. The van der Waals surface area contributed by atoms with Crippen LogP contribution in [-0.2, 0) is 22.4 Å². The highest BCUT2D eigenvalue weighted by Crippen LogP contribution is 2.32. The molecule has 5 nitrogen and oxygen atoms in total. The van der Waals surface area contributed by atoms with Gasteiger partial charge in [0.15, 0.2) is 5.13 Å². The number of rotatable bonds is 8. The van der Waals surface area contributed by atoms with Gasteiger partial charge in [0.05, 0.1) is 29.9 Å². The van der Waals surface area contributed by atoms with Gasteiger partial charge in [0.25, 0.3) is 0 Å². The first-order valence-electron chi connectivity index (χ1n) is 12.0. The molecule has 1 aliphatic rings. The fourth-order valence-corrected chi connectivity index (χ4v) is 5.79. The molecular formula is C27H36ClN3O2S. The maximum atomic E-state index is 13.7. The molecule has 1 saturated heterocycles. The molecule has 0 N–H and O–H groups in total. The Bertz CT molecular complexity index is 1100. The molecule has 0 bridgehead atoms. The second kappa shape index (κ2) is 12.1. The topological polar surface area (TPSA) is 45.7 Å². The Kier molecular flexibility index (Phi) is 9.48. The van der Waals surface area contributed by atoms with Gasteiger partial charge in [0, 0.05) is 26.2 Å². The van der Waals surface area contributed by atoms with Gasteiger partial charge >= 0.3 is 0 Å². The van der Waals surface area contributed by atoms with Crippen LogP contribution in [0, 0.1) is 20.8 Å². The highest BCUT2D eigenvalue weighted by Gasteiger charge is 2.22. The van der Waals surface area contributed by atoms with Crippen LogP contribution in [0.2, 0.25) is 0 Å². The minimum atomic E-state index is 0. The van der Waals surface area contributed by atoms with Crippen molar-refractivity contribution in [2.24, 2.45) is 0 Å². The van der Waals surface area contributed by atoms with Crippen molar-refractivity contribution >= 4 is 45.0 Å². The second-order valence-electron chi connectivity index (χ2n) is 9.02. The van der Waals surface area contributed by atoms with Crippen molar-refractivity contribution in [3.05, 3.63) is 58.1 Å². The molecule has 0 spiro atoms. The number of hydrogen-bond acceptors (Lipinski definition) is 5. The first-order chi connectivity index (χ1) is 16.0. The molecule has 0 saturated carbocycles. The zero-order valence-corrected chi connectivity index (χ0v) is 22.4. The van der Waals surface area contributed by atoms with Crippen LogP contribution in [0.1, 0.15) is 41.2 Å². The Labute approximate surface area is 213 Å². The number of carbonyl (C=O) groups is 1. The van der Waals surface area contributed by atoms with E-state index in [0.717, 1.165) is 66.6 Å². The number of fused-ring (bicyclic) bond motifs is 1. The monoisotopic (exact) mass is 501 g/mol. The van der Waals surface area contributed by atoms with Gasteiger partial charge in [-0.1, -0.05) is 48.1 Å². The second-order valence-corrected chi connectivity index (χ2v) is 10.0. The lowest BCUT2D eigenvalue weighted by atomic mass is 9.97. The van der Waals surface area contributed by atoms with Gasteiger partial charge in [-0.05, 0) is 61.9 Å². The highest BCUT2D eigenvalue weighted by atomic mass is 35.5. The summed E-state index contributed by atoms with van der Waals surface area (Å²) in [6, 6.07) is 10.7. The van der Waals surface area contributed by atoms with Crippen LogP contribution >= 0.6 is 23.7 Å². The Morgan fingerprint density at radius 3 is 2.53 bits per heavy atom. The first kappa shape index (κ1) is 26.6.